The number of ketones is 1. The molecule has 0 saturated carbocycles. The maximum atomic E-state index is 12.7. The van der Waals surface area contributed by atoms with Gasteiger partial charge < -0.3 is 14.2 Å². The van der Waals surface area contributed by atoms with E-state index < -0.39 is 0 Å². The SMILES string of the molecule is C=C(C)Oc1ccc(C(=O)/C=C/c2c(OCCCC)cccc2OCCCC)cc1. The Balaban J connectivity index is 2.20. The zero-order valence-electron chi connectivity index (χ0n) is 18.3. The monoisotopic (exact) mass is 408 g/mol. The zero-order valence-corrected chi connectivity index (χ0v) is 18.3. The third kappa shape index (κ3) is 7.43. The van der Waals surface area contributed by atoms with E-state index in [4.69, 9.17) is 14.2 Å². The van der Waals surface area contributed by atoms with Crippen LogP contribution in [0.4, 0.5) is 0 Å². The molecule has 4 nitrogen and oxygen atoms in total. The number of allylic oxidation sites excluding steroid dienone is 2. The quantitative estimate of drug-likeness (QED) is 0.157. The van der Waals surface area contributed by atoms with Gasteiger partial charge in [-0.25, -0.2) is 0 Å². The summed E-state index contributed by atoms with van der Waals surface area (Å²) in [5, 5.41) is 0. The number of ether oxygens (including phenoxy) is 3. The molecule has 0 aliphatic rings. The van der Waals surface area contributed by atoms with Gasteiger partial charge in [0.25, 0.3) is 0 Å². The minimum absolute atomic E-state index is 0.0975. The van der Waals surface area contributed by atoms with Crippen LogP contribution in [-0.2, 0) is 0 Å². The van der Waals surface area contributed by atoms with Crippen LogP contribution >= 0.6 is 0 Å². The molecule has 0 spiro atoms. The van der Waals surface area contributed by atoms with Crippen LogP contribution in [-0.4, -0.2) is 19.0 Å². The van der Waals surface area contributed by atoms with Crippen LogP contribution in [0, 0.1) is 0 Å². The second-order valence-corrected chi connectivity index (χ2v) is 7.10. The molecule has 0 aliphatic carbocycles. The molecule has 30 heavy (non-hydrogen) atoms. The number of unbranched alkanes of at least 4 members (excludes halogenated alkanes) is 2. The maximum Gasteiger partial charge on any atom is 0.185 e. The molecule has 0 bridgehead atoms. The summed E-state index contributed by atoms with van der Waals surface area (Å²) in [6.45, 7) is 11.0. The van der Waals surface area contributed by atoms with Crippen molar-refractivity contribution in [3.8, 4) is 17.2 Å². The number of hydrogen-bond donors (Lipinski definition) is 0. The molecule has 0 saturated heterocycles. The topological polar surface area (TPSA) is 44.8 Å². The molecule has 2 aromatic carbocycles. The predicted octanol–water partition coefficient (Wildman–Crippen LogP) is 6.85. The summed E-state index contributed by atoms with van der Waals surface area (Å²) in [5.74, 6) is 2.62. The van der Waals surface area contributed by atoms with Crippen molar-refractivity contribution >= 4 is 11.9 Å². The average Bonchev–Trinajstić information content (AvgIpc) is 2.73. The lowest BCUT2D eigenvalue weighted by atomic mass is 10.1. The molecule has 0 heterocycles. The van der Waals surface area contributed by atoms with E-state index in [1.807, 2.05) is 18.2 Å². The second kappa shape index (κ2) is 12.5. The van der Waals surface area contributed by atoms with Crippen LogP contribution in [0.1, 0.15) is 62.4 Å². The summed E-state index contributed by atoms with van der Waals surface area (Å²) in [7, 11) is 0. The Labute approximate surface area is 180 Å². The van der Waals surface area contributed by atoms with Crippen molar-refractivity contribution in [3.05, 3.63) is 72.0 Å². The molecule has 0 atom stereocenters. The van der Waals surface area contributed by atoms with Crippen LogP contribution in [0.25, 0.3) is 6.08 Å². The highest BCUT2D eigenvalue weighted by atomic mass is 16.5. The lowest BCUT2D eigenvalue weighted by Crippen LogP contribution is -2.02. The molecule has 0 fully saturated rings. The first-order valence-corrected chi connectivity index (χ1v) is 10.6. The molecule has 0 radical (unpaired) electrons. The van der Waals surface area contributed by atoms with E-state index in [2.05, 4.69) is 20.4 Å². The van der Waals surface area contributed by atoms with Gasteiger partial charge in [-0.2, -0.15) is 0 Å². The summed E-state index contributed by atoms with van der Waals surface area (Å²) >= 11 is 0. The van der Waals surface area contributed by atoms with Gasteiger partial charge >= 0.3 is 0 Å². The van der Waals surface area contributed by atoms with Crippen LogP contribution < -0.4 is 14.2 Å². The van der Waals surface area contributed by atoms with Crippen molar-refractivity contribution in [2.75, 3.05) is 13.2 Å². The van der Waals surface area contributed by atoms with Crippen molar-refractivity contribution in [1.82, 2.24) is 0 Å². The Hall–Kier alpha value is -3.01. The Morgan fingerprint density at radius 3 is 2.00 bits per heavy atom. The van der Waals surface area contributed by atoms with Gasteiger partial charge in [0.15, 0.2) is 5.78 Å². The van der Waals surface area contributed by atoms with E-state index in [1.165, 1.54) is 0 Å². The smallest absolute Gasteiger partial charge is 0.185 e. The molecule has 0 unspecified atom stereocenters. The van der Waals surface area contributed by atoms with Crippen molar-refractivity contribution in [2.24, 2.45) is 0 Å². The Morgan fingerprint density at radius 1 is 0.933 bits per heavy atom. The molecule has 160 valence electrons. The second-order valence-electron chi connectivity index (χ2n) is 7.10. The van der Waals surface area contributed by atoms with Gasteiger partial charge in [-0.15, -0.1) is 0 Å². The van der Waals surface area contributed by atoms with Gasteiger partial charge in [-0.3, -0.25) is 4.79 Å². The molecular weight excluding hydrogens is 376 g/mol. The molecule has 2 rings (SSSR count). The highest BCUT2D eigenvalue weighted by molar-refractivity contribution is 6.07. The fourth-order valence-corrected chi connectivity index (χ4v) is 2.74. The van der Waals surface area contributed by atoms with Crippen LogP contribution in [0.3, 0.4) is 0 Å². The van der Waals surface area contributed by atoms with Crippen LogP contribution in [0.15, 0.2) is 60.9 Å². The van der Waals surface area contributed by atoms with Gasteiger partial charge in [-0.05, 0) is 68.3 Å². The average molecular weight is 409 g/mol. The Kier molecular flexibility index (Phi) is 9.72. The first-order chi connectivity index (χ1) is 14.5. The van der Waals surface area contributed by atoms with E-state index in [1.54, 1.807) is 43.3 Å². The number of rotatable bonds is 13. The third-order valence-electron chi connectivity index (χ3n) is 4.37. The molecule has 0 amide bonds. The molecular formula is C26H32O4. The summed E-state index contributed by atoms with van der Waals surface area (Å²) in [6.07, 6.45) is 7.40. The lowest BCUT2D eigenvalue weighted by molar-refractivity contribution is 0.104. The number of carbonyl (C=O) groups is 1. The highest BCUT2D eigenvalue weighted by Crippen LogP contribution is 2.31. The molecule has 0 aromatic heterocycles. The van der Waals surface area contributed by atoms with Crippen molar-refractivity contribution < 1.29 is 19.0 Å². The van der Waals surface area contributed by atoms with E-state index in [-0.39, 0.29) is 5.78 Å². The van der Waals surface area contributed by atoms with Gasteiger partial charge in [-0.1, -0.05) is 39.3 Å². The van der Waals surface area contributed by atoms with E-state index >= 15 is 0 Å². The first kappa shape index (κ1) is 23.3. The van der Waals surface area contributed by atoms with Gasteiger partial charge in [0.2, 0.25) is 0 Å². The minimum atomic E-state index is -0.0975. The van der Waals surface area contributed by atoms with Crippen molar-refractivity contribution in [2.45, 2.75) is 46.5 Å². The predicted molar refractivity (Wildman–Crippen MR) is 122 cm³/mol. The van der Waals surface area contributed by atoms with Crippen LogP contribution in [0.5, 0.6) is 17.2 Å². The molecule has 0 N–H and O–H groups in total. The van der Waals surface area contributed by atoms with Crippen LogP contribution in [0.2, 0.25) is 0 Å². The first-order valence-electron chi connectivity index (χ1n) is 10.6. The number of carbonyl (C=O) groups excluding carboxylic acids is 1. The van der Waals surface area contributed by atoms with Crippen molar-refractivity contribution in [1.29, 1.82) is 0 Å². The van der Waals surface area contributed by atoms with Gasteiger partial charge in [0.05, 0.1) is 24.5 Å². The highest BCUT2D eigenvalue weighted by Gasteiger charge is 2.10. The summed E-state index contributed by atoms with van der Waals surface area (Å²) in [6, 6.07) is 12.8. The maximum absolute atomic E-state index is 12.7. The number of benzene rings is 2. The largest absolute Gasteiger partial charge is 0.493 e. The lowest BCUT2D eigenvalue weighted by Gasteiger charge is -2.14. The zero-order chi connectivity index (χ0) is 21.8. The van der Waals surface area contributed by atoms with E-state index in [9.17, 15) is 4.79 Å². The minimum Gasteiger partial charge on any atom is -0.493 e. The Morgan fingerprint density at radius 2 is 1.50 bits per heavy atom. The number of hydrogen-bond acceptors (Lipinski definition) is 4. The van der Waals surface area contributed by atoms with Crippen molar-refractivity contribution in [3.63, 3.8) is 0 Å². The summed E-state index contributed by atoms with van der Waals surface area (Å²) < 4.78 is 17.3. The molecule has 2 aromatic rings. The molecule has 0 aliphatic heterocycles. The van der Waals surface area contributed by atoms with Gasteiger partial charge in [0, 0.05) is 5.56 Å². The third-order valence-corrected chi connectivity index (χ3v) is 4.37. The standard InChI is InChI=1S/C26H32O4/c1-5-7-18-28-25-10-9-11-26(29-19-8-6-2)23(25)16-17-24(27)21-12-14-22(15-13-21)30-20(3)4/h9-17H,3,5-8,18-19H2,1-2,4H3/b17-16+. The summed E-state index contributed by atoms with van der Waals surface area (Å²) in [5.41, 5.74) is 1.37. The fourth-order valence-electron chi connectivity index (χ4n) is 2.74. The van der Waals surface area contributed by atoms with Gasteiger partial charge in [0.1, 0.15) is 17.2 Å². The Bertz CT molecular complexity index is 822. The molecule has 4 heteroatoms. The fraction of sp³-hybridized carbons (Fsp3) is 0.346. The van der Waals surface area contributed by atoms with E-state index in [0.29, 0.717) is 30.3 Å². The summed E-state index contributed by atoms with van der Waals surface area (Å²) in [4.78, 5) is 12.7. The normalized spacial score (nSPS) is 10.8. The van der Waals surface area contributed by atoms with E-state index in [0.717, 1.165) is 42.7 Å².